The van der Waals surface area contributed by atoms with Crippen LogP contribution in [0.4, 0.5) is 11.6 Å². The maximum atomic E-state index is 6.29. The van der Waals surface area contributed by atoms with Crippen LogP contribution in [0.1, 0.15) is 29.8 Å². The number of nitrogens with two attached hydrogens (primary N) is 2. The highest BCUT2D eigenvalue weighted by molar-refractivity contribution is 6.35. The second-order valence-corrected chi connectivity index (χ2v) is 8.16. The fourth-order valence-corrected chi connectivity index (χ4v) is 4.52. The molecule has 4 N–H and O–H groups in total. The van der Waals surface area contributed by atoms with Crippen LogP contribution in [0.5, 0.6) is 0 Å². The molecule has 5 heterocycles. The van der Waals surface area contributed by atoms with Gasteiger partial charge >= 0.3 is 0 Å². The number of hydrogen-bond donors (Lipinski definition) is 2. The lowest BCUT2D eigenvalue weighted by Gasteiger charge is -2.41. The lowest BCUT2D eigenvalue weighted by atomic mass is 9.75. The molecule has 3 aliphatic rings. The summed E-state index contributed by atoms with van der Waals surface area (Å²) >= 11 is 6.29. The van der Waals surface area contributed by atoms with Crippen molar-refractivity contribution in [1.29, 1.82) is 0 Å². The van der Waals surface area contributed by atoms with Crippen molar-refractivity contribution < 1.29 is 4.74 Å². The Balaban J connectivity index is 1.36. The van der Waals surface area contributed by atoms with Crippen LogP contribution in [0.25, 0.3) is 0 Å². The summed E-state index contributed by atoms with van der Waals surface area (Å²) in [6.45, 7) is 3.74. The fraction of sp³-hybridized carbons (Fsp3) is 0.474. The molecule has 3 aliphatic heterocycles. The lowest BCUT2D eigenvalue weighted by molar-refractivity contribution is 0.131. The van der Waals surface area contributed by atoms with E-state index in [-0.39, 0.29) is 11.5 Å². The summed E-state index contributed by atoms with van der Waals surface area (Å²) in [5, 5.41) is 0.503. The van der Waals surface area contributed by atoms with Gasteiger partial charge in [-0.3, -0.25) is 4.99 Å². The third kappa shape index (κ3) is 2.83. The summed E-state index contributed by atoms with van der Waals surface area (Å²) in [4.78, 5) is 20.4. The fourth-order valence-electron chi connectivity index (χ4n) is 4.32. The normalized spacial score (nSPS) is 23.1. The van der Waals surface area contributed by atoms with Crippen molar-refractivity contribution in [3.05, 3.63) is 40.4 Å². The maximum Gasteiger partial charge on any atom is 0.147 e. The van der Waals surface area contributed by atoms with Crippen molar-refractivity contribution in [2.75, 3.05) is 36.9 Å². The average molecular weight is 400 g/mol. The minimum Gasteiger partial charge on any atom is -0.384 e. The molecule has 2 aromatic heterocycles. The second kappa shape index (κ2) is 6.65. The average Bonchev–Trinajstić information content (AvgIpc) is 3.28. The molecule has 9 heteroatoms. The van der Waals surface area contributed by atoms with Gasteiger partial charge in [0.25, 0.3) is 0 Å². The van der Waals surface area contributed by atoms with Gasteiger partial charge in [-0.1, -0.05) is 11.6 Å². The van der Waals surface area contributed by atoms with Gasteiger partial charge in [-0.15, -0.1) is 0 Å². The summed E-state index contributed by atoms with van der Waals surface area (Å²) in [5.74, 6) is 1.29. The molecule has 5 rings (SSSR count). The van der Waals surface area contributed by atoms with E-state index in [2.05, 4.69) is 19.9 Å². The summed E-state index contributed by atoms with van der Waals surface area (Å²) in [6.07, 6.45) is 5.39. The second-order valence-electron chi connectivity index (χ2n) is 7.75. The Labute approximate surface area is 168 Å². The smallest absolute Gasteiger partial charge is 0.147 e. The molecule has 8 nitrogen and oxygen atoms in total. The van der Waals surface area contributed by atoms with Gasteiger partial charge in [0.2, 0.25) is 0 Å². The summed E-state index contributed by atoms with van der Waals surface area (Å²) in [7, 11) is 0. The van der Waals surface area contributed by atoms with Crippen LogP contribution in [-0.4, -0.2) is 53.0 Å². The summed E-state index contributed by atoms with van der Waals surface area (Å²) < 4.78 is 5.61. The van der Waals surface area contributed by atoms with Crippen molar-refractivity contribution in [3.8, 4) is 0 Å². The molecule has 0 unspecified atom stereocenters. The van der Waals surface area contributed by atoms with Gasteiger partial charge in [-0.25, -0.2) is 15.0 Å². The minimum atomic E-state index is 0.120. The van der Waals surface area contributed by atoms with E-state index >= 15 is 0 Å². The highest BCUT2D eigenvalue weighted by atomic mass is 35.5. The largest absolute Gasteiger partial charge is 0.384 e. The van der Waals surface area contributed by atoms with Crippen LogP contribution >= 0.6 is 11.6 Å². The number of anilines is 2. The van der Waals surface area contributed by atoms with Crippen LogP contribution in [0.3, 0.4) is 0 Å². The molecule has 0 saturated carbocycles. The number of fused-ring (bicyclic) bond motifs is 1. The third-order valence-electron chi connectivity index (χ3n) is 6.13. The predicted molar refractivity (Wildman–Crippen MR) is 108 cm³/mol. The Kier molecular flexibility index (Phi) is 4.22. The quantitative estimate of drug-likeness (QED) is 0.784. The van der Waals surface area contributed by atoms with Crippen LogP contribution < -0.4 is 16.4 Å². The first-order chi connectivity index (χ1) is 13.6. The molecule has 146 valence electrons. The lowest BCUT2D eigenvalue weighted by Crippen LogP contribution is -2.49. The molecule has 0 bridgehead atoms. The Hall–Kier alpha value is -2.29. The van der Waals surface area contributed by atoms with E-state index in [1.54, 1.807) is 6.07 Å². The Morgan fingerprint density at radius 1 is 1.21 bits per heavy atom. The Bertz CT molecular complexity index is 955. The zero-order valence-corrected chi connectivity index (χ0v) is 16.2. The molecule has 1 atom stereocenters. The van der Waals surface area contributed by atoms with Gasteiger partial charge in [0.05, 0.1) is 42.4 Å². The van der Waals surface area contributed by atoms with Gasteiger partial charge in [0.15, 0.2) is 0 Å². The molecule has 2 fully saturated rings. The number of nitrogen functional groups attached to an aromatic ring is 1. The molecule has 0 aliphatic carbocycles. The predicted octanol–water partition coefficient (Wildman–Crippen LogP) is 1.40. The number of rotatable bonds is 2. The molecular formula is C19H22ClN7O. The molecule has 0 radical (unpaired) electrons. The topological polar surface area (TPSA) is 116 Å². The van der Waals surface area contributed by atoms with Crippen molar-refractivity contribution in [2.24, 2.45) is 16.1 Å². The van der Waals surface area contributed by atoms with E-state index in [0.717, 1.165) is 61.0 Å². The van der Waals surface area contributed by atoms with Crippen LogP contribution in [-0.2, 0) is 11.3 Å². The van der Waals surface area contributed by atoms with E-state index in [1.807, 2.05) is 6.20 Å². The number of pyridine rings is 1. The van der Waals surface area contributed by atoms with Crippen molar-refractivity contribution in [3.63, 3.8) is 0 Å². The molecule has 2 saturated heterocycles. The van der Waals surface area contributed by atoms with Crippen molar-refractivity contribution in [1.82, 2.24) is 15.0 Å². The molecule has 28 heavy (non-hydrogen) atoms. The zero-order valence-electron chi connectivity index (χ0n) is 15.4. The highest BCUT2D eigenvalue weighted by Crippen LogP contribution is 2.39. The summed E-state index contributed by atoms with van der Waals surface area (Å²) in [5.41, 5.74) is 15.3. The number of aromatic nitrogens is 3. The minimum absolute atomic E-state index is 0.120. The van der Waals surface area contributed by atoms with Crippen LogP contribution in [0, 0.1) is 5.41 Å². The van der Waals surface area contributed by atoms with Crippen molar-refractivity contribution >= 4 is 28.9 Å². The molecule has 0 aromatic carbocycles. The van der Waals surface area contributed by atoms with Crippen molar-refractivity contribution in [2.45, 2.75) is 25.4 Å². The molecule has 2 aromatic rings. The first-order valence-electron chi connectivity index (χ1n) is 9.46. The number of piperidine rings is 1. The first kappa shape index (κ1) is 17.8. The highest BCUT2D eigenvalue weighted by Gasteiger charge is 2.44. The van der Waals surface area contributed by atoms with E-state index < -0.39 is 0 Å². The Morgan fingerprint density at radius 3 is 2.79 bits per heavy atom. The van der Waals surface area contributed by atoms with Crippen LogP contribution in [0.2, 0.25) is 5.02 Å². The van der Waals surface area contributed by atoms with E-state index in [0.29, 0.717) is 24.0 Å². The van der Waals surface area contributed by atoms with E-state index in [1.165, 1.54) is 6.20 Å². The summed E-state index contributed by atoms with van der Waals surface area (Å²) in [6, 6.07) is 1.86. The van der Waals surface area contributed by atoms with Gasteiger partial charge in [-0.05, 0) is 18.9 Å². The number of aliphatic imine (C=N–C) groups is 1. The number of ether oxygens (including phenoxy) is 1. The monoisotopic (exact) mass is 399 g/mol. The van der Waals surface area contributed by atoms with Gasteiger partial charge in [-0.2, -0.15) is 0 Å². The third-order valence-corrected chi connectivity index (χ3v) is 6.43. The zero-order chi connectivity index (χ0) is 19.3. The Morgan fingerprint density at radius 2 is 2.04 bits per heavy atom. The first-order valence-corrected chi connectivity index (χ1v) is 9.84. The number of hydrogen-bond acceptors (Lipinski definition) is 8. The van der Waals surface area contributed by atoms with Gasteiger partial charge in [0.1, 0.15) is 17.3 Å². The maximum absolute atomic E-state index is 6.29. The standard InChI is InChI=1S/C19H22ClN7O/c20-12-6-23-15(22)5-11(12)17-18-13(7-24-17)26-16(8-25-18)27-3-1-19(2-4-27)10-28-9-14(19)21/h5-6,8,14H,1-4,7,9-10,21H2,(H2,22,23)/t14-/m1/s1. The number of nitrogens with zero attached hydrogens (tertiary/aromatic N) is 5. The molecule has 1 spiro atoms. The van der Waals surface area contributed by atoms with E-state index in [9.17, 15) is 0 Å². The SMILES string of the molecule is Nc1cc(C2=NCc3nc(N4CCC5(CC4)COC[C@H]5N)cnc32)c(Cl)cn1. The van der Waals surface area contributed by atoms with Crippen LogP contribution in [0.15, 0.2) is 23.5 Å². The van der Waals surface area contributed by atoms with Gasteiger partial charge < -0.3 is 21.1 Å². The molecule has 0 amide bonds. The van der Waals surface area contributed by atoms with Gasteiger partial charge in [0, 0.05) is 36.3 Å². The van der Waals surface area contributed by atoms with E-state index in [4.69, 9.17) is 32.8 Å². The molecular weight excluding hydrogens is 378 g/mol. The number of halogens is 1.